The van der Waals surface area contributed by atoms with Crippen LogP contribution in [0.3, 0.4) is 0 Å². The first kappa shape index (κ1) is 19.3. The molecule has 1 N–H and O–H groups in total. The van der Waals surface area contributed by atoms with Gasteiger partial charge in [0.2, 0.25) is 0 Å². The van der Waals surface area contributed by atoms with Crippen LogP contribution in [0.2, 0.25) is 0 Å². The minimum absolute atomic E-state index is 0.300. The first-order valence-electron chi connectivity index (χ1n) is 9.48. The summed E-state index contributed by atoms with van der Waals surface area (Å²) in [5.74, 6) is 0.317. The molecule has 4 rings (SSSR count). The molecule has 0 bridgehead atoms. The lowest BCUT2D eigenvalue weighted by molar-refractivity contribution is 0.584. The minimum atomic E-state index is 0.300. The van der Waals surface area contributed by atoms with Crippen molar-refractivity contribution in [2.75, 3.05) is 19.4 Å². The molecular formula is C23H22N6O. The van der Waals surface area contributed by atoms with Gasteiger partial charge in [0.25, 0.3) is 5.89 Å². The molecule has 4 aromatic rings. The Morgan fingerprint density at radius 3 is 2.43 bits per heavy atom. The molecule has 2 aromatic carbocycles. The first-order valence-corrected chi connectivity index (χ1v) is 9.48. The smallest absolute Gasteiger partial charge is 0.320 e. The van der Waals surface area contributed by atoms with Gasteiger partial charge in [-0.05, 0) is 24.6 Å². The van der Waals surface area contributed by atoms with E-state index < -0.39 is 0 Å². The second-order valence-corrected chi connectivity index (χ2v) is 7.01. The number of aryl methyl sites for hydroxylation is 1. The predicted molar refractivity (Wildman–Crippen MR) is 118 cm³/mol. The van der Waals surface area contributed by atoms with Crippen LogP contribution in [-0.2, 0) is 0 Å². The number of benzene rings is 2. The lowest BCUT2D eigenvalue weighted by Gasteiger charge is -2.16. The molecule has 2 aromatic heterocycles. The van der Waals surface area contributed by atoms with E-state index in [9.17, 15) is 0 Å². The van der Waals surface area contributed by atoms with Crippen LogP contribution in [0, 0.1) is 6.92 Å². The fraction of sp³-hybridized carbons (Fsp3) is 0.130. The van der Waals surface area contributed by atoms with Crippen molar-refractivity contribution in [3.05, 3.63) is 78.6 Å². The van der Waals surface area contributed by atoms with Crippen LogP contribution in [0.5, 0.6) is 0 Å². The number of nitrogens with one attached hydrogen (secondary N) is 1. The molecule has 0 saturated heterocycles. The Kier molecular flexibility index (Phi) is 5.26. The lowest BCUT2D eigenvalue weighted by atomic mass is 10.1. The zero-order valence-electron chi connectivity index (χ0n) is 17.1. The van der Waals surface area contributed by atoms with Crippen molar-refractivity contribution < 1.29 is 4.42 Å². The van der Waals surface area contributed by atoms with E-state index in [1.54, 1.807) is 6.20 Å². The van der Waals surface area contributed by atoms with E-state index in [1.807, 2.05) is 80.5 Å². The molecule has 0 amide bonds. The average Bonchev–Trinajstić information content (AvgIpc) is 3.22. The van der Waals surface area contributed by atoms with Gasteiger partial charge in [-0.15, -0.1) is 5.10 Å². The second-order valence-electron chi connectivity index (χ2n) is 7.01. The quantitative estimate of drug-likeness (QED) is 0.501. The van der Waals surface area contributed by atoms with Gasteiger partial charge in [0.1, 0.15) is 5.69 Å². The molecule has 0 aliphatic rings. The lowest BCUT2D eigenvalue weighted by Crippen LogP contribution is -2.08. The number of para-hydroxylation sites is 1. The largest absolute Gasteiger partial charge is 0.401 e. The first-order chi connectivity index (χ1) is 14.5. The van der Waals surface area contributed by atoms with Gasteiger partial charge in [-0.2, -0.15) is 0 Å². The highest BCUT2D eigenvalue weighted by molar-refractivity contribution is 5.68. The second kappa shape index (κ2) is 8.16. The van der Waals surface area contributed by atoms with Crippen molar-refractivity contribution >= 4 is 17.4 Å². The molecule has 7 heteroatoms. The fourth-order valence-electron chi connectivity index (χ4n) is 2.90. The molecule has 7 nitrogen and oxygen atoms in total. The van der Waals surface area contributed by atoms with Crippen LogP contribution in [0.1, 0.15) is 11.3 Å². The maximum Gasteiger partial charge on any atom is 0.320 e. The van der Waals surface area contributed by atoms with Gasteiger partial charge >= 0.3 is 6.01 Å². The highest BCUT2D eigenvalue weighted by Crippen LogP contribution is 2.26. The summed E-state index contributed by atoms with van der Waals surface area (Å²) in [6, 6.07) is 18.0. The topological polar surface area (TPSA) is 80.0 Å². The monoisotopic (exact) mass is 398 g/mol. The summed E-state index contributed by atoms with van der Waals surface area (Å²) in [7, 11) is 3.94. The van der Waals surface area contributed by atoms with E-state index in [0.29, 0.717) is 23.3 Å². The average molecular weight is 398 g/mol. The van der Waals surface area contributed by atoms with Crippen LogP contribution >= 0.6 is 0 Å². The Morgan fingerprint density at radius 2 is 1.73 bits per heavy atom. The summed E-state index contributed by atoms with van der Waals surface area (Å²) in [4.78, 5) is 11.2. The van der Waals surface area contributed by atoms with Gasteiger partial charge in [-0.1, -0.05) is 54.1 Å². The maximum absolute atomic E-state index is 5.77. The van der Waals surface area contributed by atoms with E-state index in [1.165, 1.54) is 0 Å². The predicted octanol–water partition coefficient (Wildman–Crippen LogP) is 4.78. The van der Waals surface area contributed by atoms with E-state index in [0.717, 1.165) is 28.2 Å². The molecule has 30 heavy (non-hydrogen) atoms. The Bertz CT molecular complexity index is 1170. The van der Waals surface area contributed by atoms with Crippen molar-refractivity contribution in [2.45, 2.75) is 6.92 Å². The van der Waals surface area contributed by atoms with E-state index in [4.69, 9.17) is 9.40 Å². The fourth-order valence-corrected chi connectivity index (χ4v) is 2.90. The summed E-state index contributed by atoms with van der Waals surface area (Å²) in [6.07, 6.45) is 1.74. The van der Waals surface area contributed by atoms with Crippen molar-refractivity contribution in [3.8, 4) is 22.8 Å². The maximum atomic E-state index is 5.77. The molecule has 0 aliphatic carbocycles. The number of hydrogen-bond acceptors (Lipinski definition) is 7. The van der Waals surface area contributed by atoms with Gasteiger partial charge in [0, 0.05) is 31.0 Å². The van der Waals surface area contributed by atoms with Crippen LogP contribution in [-0.4, -0.2) is 39.2 Å². The summed E-state index contributed by atoms with van der Waals surface area (Å²) in [5.41, 5.74) is 5.81. The SMILES string of the molecule is C=C(c1ccc(-c2cnc(C)c(-c3nnc(Nc4ccccc4)o3)n2)cc1)N(C)C. The Morgan fingerprint density at radius 1 is 1.00 bits per heavy atom. The standard InChI is InChI=1S/C23H22N6O/c1-15-21(22-27-28-23(30-22)25-19-8-6-5-7-9-19)26-20(14-24-15)18-12-10-17(11-13-18)16(2)29(3)4/h5-14H,2H2,1,3-4H3,(H,25,28). The van der Waals surface area contributed by atoms with E-state index in [-0.39, 0.29) is 0 Å². The van der Waals surface area contributed by atoms with E-state index >= 15 is 0 Å². The molecule has 0 aliphatic heterocycles. The molecule has 0 unspecified atom stereocenters. The Hall–Kier alpha value is -4.00. The zero-order chi connectivity index (χ0) is 21.1. The molecule has 0 fully saturated rings. The normalized spacial score (nSPS) is 10.6. The number of aromatic nitrogens is 4. The van der Waals surface area contributed by atoms with Gasteiger partial charge in [-0.25, -0.2) is 4.98 Å². The number of nitrogens with zero attached hydrogens (tertiary/aromatic N) is 5. The van der Waals surface area contributed by atoms with Crippen LogP contribution in [0.4, 0.5) is 11.7 Å². The third-order valence-corrected chi connectivity index (χ3v) is 4.66. The van der Waals surface area contributed by atoms with Gasteiger partial charge < -0.3 is 14.6 Å². The highest BCUT2D eigenvalue weighted by Gasteiger charge is 2.15. The van der Waals surface area contributed by atoms with E-state index in [2.05, 4.69) is 27.1 Å². The summed E-state index contributed by atoms with van der Waals surface area (Å²) in [5, 5.41) is 11.3. The molecule has 2 heterocycles. The summed E-state index contributed by atoms with van der Waals surface area (Å²) >= 11 is 0. The minimum Gasteiger partial charge on any atom is -0.401 e. The third-order valence-electron chi connectivity index (χ3n) is 4.66. The van der Waals surface area contributed by atoms with Crippen LogP contribution < -0.4 is 5.32 Å². The number of anilines is 2. The number of rotatable bonds is 6. The Labute approximate surface area is 175 Å². The summed E-state index contributed by atoms with van der Waals surface area (Å²) < 4.78 is 5.77. The molecule has 0 spiro atoms. The van der Waals surface area contributed by atoms with Crippen molar-refractivity contribution in [2.24, 2.45) is 0 Å². The van der Waals surface area contributed by atoms with Gasteiger partial charge in [0.15, 0.2) is 0 Å². The molecule has 0 atom stereocenters. The van der Waals surface area contributed by atoms with Crippen molar-refractivity contribution in [3.63, 3.8) is 0 Å². The highest BCUT2D eigenvalue weighted by atomic mass is 16.4. The van der Waals surface area contributed by atoms with Crippen molar-refractivity contribution in [1.29, 1.82) is 0 Å². The van der Waals surface area contributed by atoms with Gasteiger partial charge in [0.05, 0.1) is 17.6 Å². The third kappa shape index (κ3) is 4.05. The molecular weight excluding hydrogens is 376 g/mol. The molecule has 0 radical (unpaired) electrons. The summed E-state index contributed by atoms with van der Waals surface area (Å²) in [6.45, 7) is 5.95. The van der Waals surface area contributed by atoms with Crippen LogP contribution in [0.25, 0.3) is 28.5 Å². The van der Waals surface area contributed by atoms with Crippen LogP contribution in [0.15, 0.2) is 71.8 Å². The molecule has 0 saturated carbocycles. The van der Waals surface area contributed by atoms with Crippen molar-refractivity contribution in [1.82, 2.24) is 25.1 Å². The zero-order valence-corrected chi connectivity index (χ0v) is 17.1. The molecule has 150 valence electrons. The van der Waals surface area contributed by atoms with Gasteiger partial charge in [-0.3, -0.25) is 4.98 Å². The Balaban J connectivity index is 1.60. The number of hydrogen-bond donors (Lipinski definition) is 1.